The van der Waals surface area contributed by atoms with Crippen molar-refractivity contribution in [1.82, 2.24) is 0 Å². The van der Waals surface area contributed by atoms with Crippen LogP contribution in [0, 0.1) is 23.2 Å². The van der Waals surface area contributed by atoms with E-state index in [1.165, 1.54) is 19.3 Å². The second-order valence-corrected chi connectivity index (χ2v) is 4.78. The Bertz CT molecular complexity index is 132. The molecule has 10 heavy (non-hydrogen) atoms. The first-order valence-electron chi connectivity index (χ1n) is 4.65. The summed E-state index contributed by atoms with van der Waals surface area (Å²) in [5.74, 6) is 3.11. The van der Waals surface area contributed by atoms with Crippen LogP contribution < -0.4 is 0 Å². The van der Waals surface area contributed by atoms with Crippen molar-refractivity contribution in [1.29, 1.82) is 0 Å². The summed E-state index contributed by atoms with van der Waals surface area (Å²) in [6.45, 7) is 7.26. The highest BCUT2D eigenvalue weighted by Crippen LogP contribution is 2.64. The lowest BCUT2D eigenvalue weighted by Gasteiger charge is -2.63. The highest BCUT2D eigenvalue weighted by molar-refractivity contribution is 5.05. The standard InChI is InChI=1S/C10H18/c1-7-5-10(6-7)8(2)4-9(10)3/h7-9H,4-6H2,1-3H3. The molecule has 0 aromatic heterocycles. The van der Waals surface area contributed by atoms with E-state index in [0.717, 1.165) is 23.2 Å². The lowest BCUT2D eigenvalue weighted by Crippen LogP contribution is -2.54. The highest BCUT2D eigenvalue weighted by Gasteiger charge is 2.56. The second-order valence-electron chi connectivity index (χ2n) is 4.78. The van der Waals surface area contributed by atoms with Crippen LogP contribution in [-0.2, 0) is 0 Å². The zero-order valence-corrected chi connectivity index (χ0v) is 7.35. The molecule has 58 valence electrons. The minimum Gasteiger partial charge on any atom is -0.0625 e. The fourth-order valence-corrected chi connectivity index (χ4v) is 3.37. The van der Waals surface area contributed by atoms with Gasteiger partial charge in [0.25, 0.3) is 0 Å². The maximum atomic E-state index is 2.44. The molecule has 0 saturated heterocycles. The van der Waals surface area contributed by atoms with Gasteiger partial charge in [-0.3, -0.25) is 0 Å². The van der Waals surface area contributed by atoms with Gasteiger partial charge in [-0.25, -0.2) is 0 Å². The molecule has 2 unspecified atom stereocenters. The van der Waals surface area contributed by atoms with Crippen LogP contribution in [0.1, 0.15) is 40.0 Å². The van der Waals surface area contributed by atoms with Crippen molar-refractivity contribution < 1.29 is 0 Å². The van der Waals surface area contributed by atoms with Crippen molar-refractivity contribution in [2.75, 3.05) is 0 Å². The molecule has 0 aromatic rings. The van der Waals surface area contributed by atoms with Crippen molar-refractivity contribution >= 4 is 0 Å². The van der Waals surface area contributed by atoms with E-state index in [4.69, 9.17) is 0 Å². The van der Waals surface area contributed by atoms with Crippen LogP contribution in [0.3, 0.4) is 0 Å². The van der Waals surface area contributed by atoms with Crippen LogP contribution in [-0.4, -0.2) is 0 Å². The smallest absolute Gasteiger partial charge is 0.0241 e. The summed E-state index contributed by atoms with van der Waals surface area (Å²) in [5.41, 5.74) is 0.833. The van der Waals surface area contributed by atoms with Gasteiger partial charge in [-0.05, 0) is 42.4 Å². The van der Waals surface area contributed by atoms with E-state index in [1.807, 2.05) is 0 Å². The highest BCUT2D eigenvalue weighted by atomic mass is 14.6. The molecule has 0 heterocycles. The zero-order valence-electron chi connectivity index (χ0n) is 7.35. The lowest BCUT2D eigenvalue weighted by molar-refractivity contribution is -0.130. The second kappa shape index (κ2) is 1.78. The predicted octanol–water partition coefficient (Wildman–Crippen LogP) is 3.08. The SMILES string of the molecule is CC1CC2(C1)C(C)CC2C. The van der Waals surface area contributed by atoms with Crippen molar-refractivity contribution in [3.05, 3.63) is 0 Å². The molecule has 0 radical (unpaired) electrons. The summed E-state index contributed by atoms with van der Waals surface area (Å²) in [6, 6.07) is 0. The van der Waals surface area contributed by atoms with Crippen LogP contribution in [0.25, 0.3) is 0 Å². The molecule has 0 aromatic carbocycles. The molecule has 0 bridgehead atoms. The quantitative estimate of drug-likeness (QED) is 0.482. The Morgan fingerprint density at radius 1 is 1.00 bits per heavy atom. The fourth-order valence-electron chi connectivity index (χ4n) is 3.37. The third-order valence-corrected chi connectivity index (χ3v) is 4.13. The molecule has 0 N–H and O–H groups in total. The Hall–Kier alpha value is 0. The first-order chi connectivity index (χ1) is 4.65. The third-order valence-electron chi connectivity index (χ3n) is 4.13. The summed E-state index contributed by atoms with van der Waals surface area (Å²) in [6.07, 6.45) is 4.54. The van der Waals surface area contributed by atoms with Gasteiger partial charge in [0.2, 0.25) is 0 Å². The van der Waals surface area contributed by atoms with Gasteiger partial charge in [-0.2, -0.15) is 0 Å². The Morgan fingerprint density at radius 2 is 1.50 bits per heavy atom. The minimum absolute atomic E-state index is 0.833. The molecule has 1 spiro atoms. The van der Waals surface area contributed by atoms with Gasteiger partial charge in [-0.15, -0.1) is 0 Å². The minimum atomic E-state index is 0.833. The van der Waals surface area contributed by atoms with Crippen LogP contribution >= 0.6 is 0 Å². The van der Waals surface area contributed by atoms with Crippen LogP contribution in [0.4, 0.5) is 0 Å². The van der Waals surface area contributed by atoms with Gasteiger partial charge in [0.05, 0.1) is 0 Å². The molecule has 0 nitrogen and oxygen atoms in total. The summed E-state index contributed by atoms with van der Waals surface area (Å²) in [4.78, 5) is 0. The van der Waals surface area contributed by atoms with Crippen molar-refractivity contribution in [2.24, 2.45) is 23.2 Å². The molecular weight excluding hydrogens is 120 g/mol. The molecule has 2 rings (SSSR count). The topological polar surface area (TPSA) is 0 Å². The van der Waals surface area contributed by atoms with Gasteiger partial charge in [0.1, 0.15) is 0 Å². The normalized spacial score (nSPS) is 59.7. The van der Waals surface area contributed by atoms with Gasteiger partial charge in [0.15, 0.2) is 0 Å². The van der Waals surface area contributed by atoms with Crippen LogP contribution in [0.2, 0.25) is 0 Å². The molecule has 0 aliphatic heterocycles. The van der Waals surface area contributed by atoms with E-state index in [-0.39, 0.29) is 0 Å². The van der Waals surface area contributed by atoms with E-state index in [1.54, 1.807) is 0 Å². The van der Waals surface area contributed by atoms with Crippen molar-refractivity contribution in [3.8, 4) is 0 Å². The van der Waals surface area contributed by atoms with E-state index in [9.17, 15) is 0 Å². The van der Waals surface area contributed by atoms with E-state index < -0.39 is 0 Å². The molecular formula is C10H18. The number of rotatable bonds is 0. The molecule has 2 saturated carbocycles. The Morgan fingerprint density at radius 3 is 1.70 bits per heavy atom. The van der Waals surface area contributed by atoms with Gasteiger partial charge in [-0.1, -0.05) is 20.8 Å². The molecule has 0 heteroatoms. The average Bonchev–Trinajstić information content (AvgIpc) is 1.81. The zero-order chi connectivity index (χ0) is 7.35. The Kier molecular flexibility index (Phi) is 1.19. The molecule has 0 amide bonds. The fraction of sp³-hybridized carbons (Fsp3) is 1.00. The Labute approximate surface area is 64.0 Å². The first kappa shape index (κ1) is 6.69. The monoisotopic (exact) mass is 138 g/mol. The summed E-state index contributed by atoms with van der Waals surface area (Å²) >= 11 is 0. The summed E-state index contributed by atoms with van der Waals surface area (Å²) < 4.78 is 0. The van der Waals surface area contributed by atoms with Crippen molar-refractivity contribution in [2.45, 2.75) is 40.0 Å². The largest absolute Gasteiger partial charge is 0.0625 e. The van der Waals surface area contributed by atoms with Gasteiger partial charge >= 0.3 is 0 Å². The molecule has 2 aliphatic carbocycles. The summed E-state index contributed by atoms with van der Waals surface area (Å²) in [7, 11) is 0. The van der Waals surface area contributed by atoms with E-state index in [2.05, 4.69) is 20.8 Å². The first-order valence-corrected chi connectivity index (χ1v) is 4.65. The molecule has 2 aliphatic rings. The summed E-state index contributed by atoms with van der Waals surface area (Å²) in [5, 5.41) is 0. The Balaban J connectivity index is 2.03. The van der Waals surface area contributed by atoms with E-state index in [0.29, 0.717) is 0 Å². The maximum Gasteiger partial charge on any atom is -0.0241 e. The average molecular weight is 138 g/mol. The van der Waals surface area contributed by atoms with E-state index >= 15 is 0 Å². The van der Waals surface area contributed by atoms with Gasteiger partial charge in [0, 0.05) is 0 Å². The third kappa shape index (κ3) is 0.580. The lowest BCUT2D eigenvalue weighted by atomic mass is 9.42. The molecule has 2 fully saturated rings. The molecule has 2 atom stereocenters. The van der Waals surface area contributed by atoms with Crippen molar-refractivity contribution in [3.63, 3.8) is 0 Å². The van der Waals surface area contributed by atoms with Gasteiger partial charge < -0.3 is 0 Å². The number of hydrogen-bond acceptors (Lipinski definition) is 0. The van der Waals surface area contributed by atoms with Crippen LogP contribution in [0.5, 0.6) is 0 Å². The maximum absolute atomic E-state index is 2.44. The predicted molar refractivity (Wildman–Crippen MR) is 43.8 cm³/mol. The van der Waals surface area contributed by atoms with Crippen LogP contribution in [0.15, 0.2) is 0 Å². The number of hydrogen-bond donors (Lipinski definition) is 0.